The molecule has 0 aliphatic rings. The molecule has 0 aliphatic heterocycles. The summed E-state index contributed by atoms with van der Waals surface area (Å²) in [7, 11) is 0. The Hall–Kier alpha value is -2.30. The molecule has 0 bridgehead atoms. The Kier molecular flexibility index (Phi) is 6.29. The number of aliphatic carboxylic acids is 1. The quantitative estimate of drug-likeness (QED) is 0.403. The summed E-state index contributed by atoms with van der Waals surface area (Å²) >= 11 is 0. The van der Waals surface area contributed by atoms with Gasteiger partial charge in [-0.2, -0.15) is 0 Å². The Morgan fingerprint density at radius 2 is 2.00 bits per heavy atom. The molecule has 0 radical (unpaired) electrons. The monoisotopic (exact) mass is 276 g/mol. The largest absolute Gasteiger partial charge is 0.481 e. The van der Waals surface area contributed by atoms with E-state index in [1.807, 2.05) is 12.1 Å². The van der Waals surface area contributed by atoms with Crippen LogP contribution in [0.4, 0.5) is 5.69 Å². The number of rotatable bonds is 7. The molecular weight excluding hydrogens is 256 g/mol. The number of anilines is 1. The molecule has 5 heteroatoms. The molecule has 0 spiro atoms. The van der Waals surface area contributed by atoms with E-state index in [1.54, 1.807) is 25.1 Å². The summed E-state index contributed by atoms with van der Waals surface area (Å²) in [5.41, 5.74) is 7.14. The van der Waals surface area contributed by atoms with Crippen LogP contribution >= 0.6 is 0 Å². The number of carboxylic acid groups (broad SMARTS) is 1. The lowest BCUT2D eigenvalue weighted by molar-refractivity contribution is -0.141. The fourth-order valence-corrected chi connectivity index (χ4v) is 1.58. The van der Waals surface area contributed by atoms with Gasteiger partial charge >= 0.3 is 5.97 Å². The van der Waals surface area contributed by atoms with E-state index in [1.165, 1.54) is 6.08 Å². The van der Waals surface area contributed by atoms with E-state index in [-0.39, 0.29) is 11.8 Å². The van der Waals surface area contributed by atoms with Gasteiger partial charge in [0.05, 0.1) is 5.92 Å². The molecule has 0 saturated heterocycles. The van der Waals surface area contributed by atoms with Crippen LogP contribution in [0.25, 0.3) is 6.08 Å². The van der Waals surface area contributed by atoms with Crippen molar-refractivity contribution in [2.45, 2.75) is 19.8 Å². The van der Waals surface area contributed by atoms with Crippen molar-refractivity contribution in [2.75, 3.05) is 12.3 Å². The van der Waals surface area contributed by atoms with Crippen molar-refractivity contribution in [3.05, 3.63) is 35.9 Å². The standard InChI is InChI=1S/C15H20N2O3/c1-11(15(19)20)3-2-10-17-14(18)9-6-12-4-7-13(16)8-5-12/h4-9,11H,2-3,10,16H2,1H3,(H,17,18)(H,19,20)/b9-6+. The second kappa shape index (κ2) is 7.99. The van der Waals surface area contributed by atoms with Gasteiger partial charge in [-0.3, -0.25) is 9.59 Å². The average Bonchev–Trinajstić information content (AvgIpc) is 2.42. The van der Waals surface area contributed by atoms with E-state index in [2.05, 4.69) is 5.32 Å². The van der Waals surface area contributed by atoms with Crippen molar-refractivity contribution in [1.82, 2.24) is 5.32 Å². The Morgan fingerprint density at radius 1 is 1.35 bits per heavy atom. The summed E-state index contributed by atoms with van der Waals surface area (Å²) in [6, 6.07) is 7.19. The number of carbonyl (C=O) groups is 2. The summed E-state index contributed by atoms with van der Waals surface area (Å²) in [5, 5.41) is 11.4. The highest BCUT2D eigenvalue weighted by atomic mass is 16.4. The van der Waals surface area contributed by atoms with Gasteiger partial charge in [0.2, 0.25) is 5.91 Å². The van der Waals surface area contributed by atoms with Gasteiger partial charge in [0.1, 0.15) is 0 Å². The third-order valence-electron chi connectivity index (χ3n) is 2.90. The summed E-state index contributed by atoms with van der Waals surface area (Å²) in [4.78, 5) is 22.1. The number of nitrogens with one attached hydrogen (secondary N) is 1. The van der Waals surface area contributed by atoms with Crippen molar-refractivity contribution < 1.29 is 14.7 Å². The Balaban J connectivity index is 2.26. The molecule has 0 saturated carbocycles. The second-order valence-corrected chi connectivity index (χ2v) is 4.67. The number of nitrogens with two attached hydrogens (primary N) is 1. The predicted molar refractivity (Wildman–Crippen MR) is 78.9 cm³/mol. The Bertz CT molecular complexity index is 480. The number of carbonyl (C=O) groups excluding carboxylic acids is 1. The van der Waals surface area contributed by atoms with Gasteiger partial charge in [-0.25, -0.2) is 0 Å². The molecule has 1 aromatic rings. The lowest BCUT2D eigenvalue weighted by Gasteiger charge is -2.05. The predicted octanol–water partition coefficient (Wildman–Crippen LogP) is 1.90. The van der Waals surface area contributed by atoms with E-state index >= 15 is 0 Å². The van der Waals surface area contributed by atoms with Gasteiger partial charge in [-0.1, -0.05) is 19.1 Å². The van der Waals surface area contributed by atoms with E-state index in [4.69, 9.17) is 10.8 Å². The first kappa shape index (κ1) is 15.8. The molecule has 0 fully saturated rings. The zero-order valence-electron chi connectivity index (χ0n) is 11.5. The van der Waals surface area contributed by atoms with Gasteiger partial charge < -0.3 is 16.2 Å². The minimum absolute atomic E-state index is 0.190. The maximum Gasteiger partial charge on any atom is 0.306 e. The fourth-order valence-electron chi connectivity index (χ4n) is 1.58. The molecule has 1 rings (SSSR count). The van der Waals surface area contributed by atoms with Gasteiger partial charge in [0.25, 0.3) is 0 Å². The van der Waals surface area contributed by atoms with Crippen LogP contribution < -0.4 is 11.1 Å². The van der Waals surface area contributed by atoms with Crippen LogP contribution in [0, 0.1) is 5.92 Å². The van der Waals surface area contributed by atoms with E-state index in [0.29, 0.717) is 25.1 Å². The first-order valence-electron chi connectivity index (χ1n) is 6.53. The van der Waals surface area contributed by atoms with Crippen molar-refractivity contribution in [1.29, 1.82) is 0 Å². The van der Waals surface area contributed by atoms with E-state index in [0.717, 1.165) is 5.56 Å². The molecule has 0 aliphatic carbocycles. The Morgan fingerprint density at radius 3 is 2.60 bits per heavy atom. The van der Waals surface area contributed by atoms with Crippen LogP contribution in [0.1, 0.15) is 25.3 Å². The maximum absolute atomic E-state index is 11.5. The molecule has 4 N–H and O–H groups in total. The number of benzene rings is 1. The lowest BCUT2D eigenvalue weighted by atomic mass is 10.1. The number of hydrogen-bond donors (Lipinski definition) is 3. The molecule has 5 nitrogen and oxygen atoms in total. The van der Waals surface area contributed by atoms with Crippen LogP contribution in [0.5, 0.6) is 0 Å². The van der Waals surface area contributed by atoms with Gasteiger partial charge in [0, 0.05) is 18.3 Å². The SMILES string of the molecule is CC(CCCNC(=O)/C=C/c1ccc(N)cc1)C(=O)O. The molecule has 0 heterocycles. The summed E-state index contributed by atoms with van der Waals surface area (Å²) in [6.45, 7) is 2.13. The van der Waals surface area contributed by atoms with Crippen LogP contribution in [-0.4, -0.2) is 23.5 Å². The minimum atomic E-state index is -0.806. The number of amides is 1. The molecular formula is C15H20N2O3. The highest BCUT2D eigenvalue weighted by Crippen LogP contribution is 2.07. The lowest BCUT2D eigenvalue weighted by Crippen LogP contribution is -2.23. The molecule has 20 heavy (non-hydrogen) atoms. The highest BCUT2D eigenvalue weighted by Gasteiger charge is 2.09. The third kappa shape index (κ3) is 6.04. The molecule has 1 amide bonds. The summed E-state index contributed by atoms with van der Waals surface area (Å²) in [6.07, 6.45) is 4.35. The molecule has 1 atom stereocenters. The topological polar surface area (TPSA) is 92.4 Å². The number of nitrogen functional groups attached to an aromatic ring is 1. The first-order valence-corrected chi connectivity index (χ1v) is 6.53. The van der Waals surface area contributed by atoms with Crippen LogP contribution in [0.3, 0.4) is 0 Å². The zero-order valence-corrected chi connectivity index (χ0v) is 11.5. The van der Waals surface area contributed by atoms with Crippen LogP contribution in [0.2, 0.25) is 0 Å². The summed E-state index contributed by atoms with van der Waals surface area (Å²) in [5.74, 6) is -1.37. The van der Waals surface area contributed by atoms with Crippen molar-refractivity contribution in [2.24, 2.45) is 5.92 Å². The third-order valence-corrected chi connectivity index (χ3v) is 2.90. The van der Waals surface area contributed by atoms with E-state index in [9.17, 15) is 9.59 Å². The van der Waals surface area contributed by atoms with Gasteiger partial charge in [-0.15, -0.1) is 0 Å². The van der Waals surface area contributed by atoms with Crippen molar-refractivity contribution in [3.63, 3.8) is 0 Å². The van der Waals surface area contributed by atoms with E-state index < -0.39 is 5.97 Å². The molecule has 0 aromatic heterocycles. The smallest absolute Gasteiger partial charge is 0.306 e. The number of hydrogen-bond acceptors (Lipinski definition) is 3. The van der Waals surface area contributed by atoms with Crippen LogP contribution in [-0.2, 0) is 9.59 Å². The van der Waals surface area contributed by atoms with Crippen LogP contribution in [0.15, 0.2) is 30.3 Å². The zero-order chi connectivity index (χ0) is 15.0. The number of carboxylic acids is 1. The normalized spacial score (nSPS) is 12.2. The molecule has 1 unspecified atom stereocenters. The van der Waals surface area contributed by atoms with Gasteiger partial charge in [-0.05, 0) is 36.6 Å². The Labute approximate surface area is 118 Å². The first-order chi connectivity index (χ1) is 9.49. The average molecular weight is 276 g/mol. The summed E-state index contributed by atoms with van der Waals surface area (Å²) < 4.78 is 0. The highest BCUT2D eigenvalue weighted by molar-refractivity contribution is 5.91. The van der Waals surface area contributed by atoms with Crippen molar-refractivity contribution >= 4 is 23.6 Å². The molecule has 108 valence electrons. The minimum Gasteiger partial charge on any atom is -0.481 e. The van der Waals surface area contributed by atoms with Gasteiger partial charge in [0.15, 0.2) is 0 Å². The van der Waals surface area contributed by atoms with Crippen molar-refractivity contribution in [3.8, 4) is 0 Å². The second-order valence-electron chi connectivity index (χ2n) is 4.67. The maximum atomic E-state index is 11.5. The fraction of sp³-hybridized carbons (Fsp3) is 0.333. The molecule has 1 aromatic carbocycles.